The van der Waals surface area contributed by atoms with Gasteiger partial charge in [-0.1, -0.05) is 36.8 Å². The summed E-state index contributed by atoms with van der Waals surface area (Å²) < 4.78 is 40.4. The minimum absolute atomic E-state index is 0.0353. The largest absolute Gasteiger partial charge is 0.350 e. The summed E-state index contributed by atoms with van der Waals surface area (Å²) in [6, 6.07) is 11.2. The average molecular weight is 492 g/mol. The first-order valence-electron chi connectivity index (χ1n) is 11.1. The molecule has 0 heterocycles. The van der Waals surface area contributed by atoms with Crippen molar-refractivity contribution in [1.29, 1.82) is 0 Å². The Morgan fingerprint density at radius 3 is 2.09 bits per heavy atom. The number of carbonyl (C=O) groups is 2. The smallest absolute Gasteiger partial charge is 0.243 e. The van der Waals surface area contributed by atoms with Gasteiger partial charge in [-0.05, 0) is 63.9 Å². The van der Waals surface area contributed by atoms with Crippen molar-refractivity contribution < 1.29 is 22.4 Å². The highest BCUT2D eigenvalue weighted by atomic mass is 32.2. The minimum atomic E-state index is -3.91. The standard InChI is InChI=1S/C25H34FN3O4S/c1-7-22(24(31)27-25(3,4)5)29(16-19-10-12-20(26)13-11-19)23(30)17-28(6)34(32,33)21-14-8-18(2)9-15-21/h8-15,22H,7,16-17H2,1-6H3,(H,27,31)/t22-/m0/s1. The van der Waals surface area contributed by atoms with E-state index >= 15 is 0 Å². The first kappa shape index (κ1) is 27.5. The van der Waals surface area contributed by atoms with Gasteiger partial charge in [-0.25, -0.2) is 12.8 Å². The van der Waals surface area contributed by atoms with E-state index < -0.39 is 39.9 Å². The molecule has 2 aromatic rings. The topological polar surface area (TPSA) is 86.8 Å². The van der Waals surface area contributed by atoms with Gasteiger partial charge in [-0.15, -0.1) is 0 Å². The summed E-state index contributed by atoms with van der Waals surface area (Å²) in [5.74, 6) is -1.28. The van der Waals surface area contributed by atoms with Gasteiger partial charge in [0.15, 0.2) is 0 Å². The van der Waals surface area contributed by atoms with Gasteiger partial charge < -0.3 is 10.2 Å². The summed E-state index contributed by atoms with van der Waals surface area (Å²) in [6.45, 7) is 8.74. The monoisotopic (exact) mass is 491 g/mol. The molecule has 186 valence electrons. The molecule has 1 N–H and O–H groups in total. The van der Waals surface area contributed by atoms with Crippen LogP contribution in [0.3, 0.4) is 0 Å². The van der Waals surface area contributed by atoms with Crippen molar-refractivity contribution in [2.75, 3.05) is 13.6 Å². The first-order valence-corrected chi connectivity index (χ1v) is 12.6. The van der Waals surface area contributed by atoms with Gasteiger partial charge in [0.05, 0.1) is 11.4 Å². The van der Waals surface area contributed by atoms with Crippen LogP contribution in [0.4, 0.5) is 4.39 Å². The minimum Gasteiger partial charge on any atom is -0.350 e. The summed E-state index contributed by atoms with van der Waals surface area (Å²) >= 11 is 0. The predicted octanol–water partition coefficient (Wildman–Crippen LogP) is 3.48. The Kier molecular flexibility index (Phi) is 8.96. The van der Waals surface area contributed by atoms with Crippen LogP contribution in [0.15, 0.2) is 53.4 Å². The van der Waals surface area contributed by atoms with Crippen LogP contribution in [0.1, 0.15) is 45.2 Å². The highest BCUT2D eigenvalue weighted by Gasteiger charge is 2.33. The lowest BCUT2D eigenvalue weighted by Gasteiger charge is -2.34. The highest BCUT2D eigenvalue weighted by Crippen LogP contribution is 2.18. The SMILES string of the molecule is CC[C@@H](C(=O)NC(C)(C)C)N(Cc1ccc(F)cc1)C(=O)CN(C)S(=O)(=O)c1ccc(C)cc1. The number of rotatable bonds is 9. The molecule has 2 aromatic carbocycles. The third-order valence-electron chi connectivity index (χ3n) is 5.24. The quantitative estimate of drug-likeness (QED) is 0.582. The number of nitrogens with one attached hydrogen (secondary N) is 1. The Hall–Kier alpha value is -2.78. The number of hydrogen-bond donors (Lipinski definition) is 1. The van der Waals surface area contributed by atoms with Crippen molar-refractivity contribution in [2.24, 2.45) is 0 Å². The van der Waals surface area contributed by atoms with E-state index in [-0.39, 0.29) is 17.3 Å². The van der Waals surface area contributed by atoms with Gasteiger partial charge >= 0.3 is 0 Å². The van der Waals surface area contributed by atoms with Crippen LogP contribution >= 0.6 is 0 Å². The molecule has 0 saturated carbocycles. The zero-order chi connectivity index (χ0) is 25.7. The van der Waals surface area contributed by atoms with Gasteiger partial charge in [0, 0.05) is 19.1 Å². The number of amides is 2. The molecule has 34 heavy (non-hydrogen) atoms. The van der Waals surface area contributed by atoms with Gasteiger partial charge in [0.2, 0.25) is 21.8 Å². The molecule has 0 spiro atoms. The van der Waals surface area contributed by atoms with Crippen LogP contribution in [-0.2, 0) is 26.2 Å². The number of benzene rings is 2. The Morgan fingerprint density at radius 2 is 1.59 bits per heavy atom. The maximum atomic E-state index is 13.4. The van der Waals surface area contributed by atoms with Crippen LogP contribution in [0.5, 0.6) is 0 Å². The Labute approximate surface area is 202 Å². The van der Waals surface area contributed by atoms with E-state index in [4.69, 9.17) is 0 Å². The summed E-state index contributed by atoms with van der Waals surface area (Å²) in [4.78, 5) is 27.8. The number of carbonyl (C=O) groups excluding carboxylic acids is 2. The molecule has 7 nitrogen and oxygen atoms in total. The van der Waals surface area contributed by atoms with Crippen LogP contribution in [0.25, 0.3) is 0 Å². The van der Waals surface area contributed by atoms with E-state index in [0.717, 1.165) is 9.87 Å². The molecule has 0 unspecified atom stereocenters. The molecule has 2 rings (SSSR count). The van der Waals surface area contributed by atoms with E-state index in [1.165, 1.54) is 48.3 Å². The summed E-state index contributed by atoms with van der Waals surface area (Å²) in [7, 11) is -2.58. The van der Waals surface area contributed by atoms with Crippen molar-refractivity contribution in [3.8, 4) is 0 Å². The number of sulfonamides is 1. The maximum absolute atomic E-state index is 13.4. The molecule has 2 amide bonds. The number of hydrogen-bond acceptors (Lipinski definition) is 4. The molecular weight excluding hydrogens is 457 g/mol. The average Bonchev–Trinajstić information content (AvgIpc) is 2.74. The van der Waals surface area contributed by atoms with Crippen LogP contribution in [-0.4, -0.2) is 54.6 Å². The molecule has 0 saturated heterocycles. The van der Waals surface area contributed by atoms with Crippen molar-refractivity contribution in [1.82, 2.24) is 14.5 Å². The van der Waals surface area contributed by atoms with E-state index in [1.54, 1.807) is 19.1 Å². The first-order chi connectivity index (χ1) is 15.7. The molecule has 0 aliphatic rings. The van der Waals surface area contributed by atoms with E-state index in [9.17, 15) is 22.4 Å². The molecule has 0 aliphatic heterocycles. The second-order valence-electron chi connectivity index (χ2n) is 9.39. The van der Waals surface area contributed by atoms with Crippen LogP contribution in [0.2, 0.25) is 0 Å². The summed E-state index contributed by atoms with van der Waals surface area (Å²) in [6.07, 6.45) is 0.323. The molecule has 0 bridgehead atoms. The Balaban J connectivity index is 2.34. The lowest BCUT2D eigenvalue weighted by molar-refractivity contribution is -0.142. The molecule has 0 aliphatic carbocycles. The van der Waals surface area contributed by atoms with Gasteiger partial charge in [0.1, 0.15) is 11.9 Å². The molecule has 0 aromatic heterocycles. The Bertz CT molecular complexity index is 1090. The fraction of sp³-hybridized carbons (Fsp3) is 0.440. The fourth-order valence-corrected chi connectivity index (χ4v) is 4.54. The van der Waals surface area contributed by atoms with Gasteiger partial charge in [-0.3, -0.25) is 9.59 Å². The fourth-order valence-electron chi connectivity index (χ4n) is 3.42. The second-order valence-corrected chi connectivity index (χ2v) is 11.4. The Morgan fingerprint density at radius 1 is 1.03 bits per heavy atom. The normalized spacial score (nSPS) is 12.9. The number of nitrogens with zero attached hydrogens (tertiary/aromatic N) is 2. The van der Waals surface area contributed by atoms with Crippen molar-refractivity contribution in [3.05, 3.63) is 65.5 Å². The predicted molar refractivity (Wildman–Crippen MR) is 130 cm³/mol. The van der Waals surface area contributed by atoms with Crippen molar-refractivity contribution in [2.45, 2.75) is 64.1 Å². The molecular formula is C25H34FN3O4S. The van der Waals surface area contributed by atoms with E-state index in [2.05, 4.69) is 5.32 Å². The molecule has 9 heteroatoms. The third-order valence-corrected chi connectivity index (χ3v) is 7.05. The molecule has 0 radical (unpaired) electrons. The van der Waals surface area contributed by atoms with Gasteiger partial charge in [-0.2, -0.15) is 4.31 Å². The number of halogens is 1. The lowest BCUT2D eigenvalue weighted by Crippen LogP contribution is -2.55. The zero-order valence-electron chi connectivity index (χ0n) is 20.6. The molecule has 1 atom stereocenters. The second kappa shape index (κ2) is 11.1. The zero-order valence-corrected chi connectivity index (χ0v) is 21.4. The van der Waals surface area contributed by atoms with E-state index in [0.29, 0.717) is 12.0 Å². The highest BCUT2D eigenvalue weighted by molar-refractivity contribution is 7.89. The van der Waals surface area contributed by atoms with Crippen molar-refractivity contribution >= 4 is 21.8 Å². The maximum Gasteiger partial charge on any atom is 0.243 e. The summed E-state index contributed by atoms with van der Waals surface area (Å²) in [5, 5.41) is 2.89. The van der Waals surface area contributed by atoms with E-state index in [1.807, 2.05) is 27.7 Å². The van der Waals surface area contributed by atoms with Gasteiger partial charge in [0.25, 0.3) is 0 Å². The number of aryl methyl sites for hydroxylation is 1. The lowest BCUT2D eigenvalue weighted by atomic mass is 10.1. The summed E-state index contributed by atoms with van der Waals surface area (Å²) in [5.41, 5.74) is 1.03. The van der Waals surface area contributed by atoms with Crippen LogP contribution in [0, 0.1) is 12.7 Å². The number of likely N-dealkylation sites (N-methyl/N-ethyl adjacent to an activating group) is 1. The molecule has 0 fully saturated rings. The van der Waals surface area contributed by atoms with Crippen molar-refractivity contribution in [3.63, 3.8) is 0 Å². The third kappa shape index (κ3) is 7.36. The van der Waals surface area contributed by atoms with Crippen LogP contribution < -0.4 is 5.32 Å².